The zero-order chi connectivity index (χ0) is 9.10. The van der Waals surface area contributed by atoms with Gasteiger partial charge in [-0.15, -0.1) is 0 Å². The molecule has 3 heteroatoms. The van der Waals surface area contributed by atoms with Crippen molar-refractivity contribution in [2.45, 2.75) is 18.9 Å². The van der Waals surface area contributed by atoms with Crippen LogP contribution >= 0.6 is 0 Å². The number of piperidine rings is 1. The highest BCUT2D eigenvalue weighted by molar-refractivity contribution is 5.44. The predicted octanol–water partition coefficient (Wildman–Crippen LogP) is 1.04. The van der Waals surface area contributed by atoms with Crippen molar-refractivity contribution < 1.29 is 5.11 Å². The van der Waals surface area contributed by atoms with E-state index in [0.717, 1.165) is 31.6 Å². The summed E-state index contributed by atoms with van der Waals surface area (Å²) in [4.78, 5) is 6.24. The van der Waals surface area contributed by atoms with Crippen molar-refractivity contribution in [3.63, 3.8) is 0 Å². The minimum absolute atomic E-state index is 0.172. The Balaban J connectivity index is 2.08. The van der Waals surface area contributed by atoms with Gasteiger partial charge in [0.05, 0.1) is 18.0 Å². The molecule has 1 aliphatic rings. The number of aliphatic hydroxyl groups is 1. The zero-order valence-electron chi connectivity index (χ0n) is 7.56. The van der Waals surface area contributed by atoms with Crippen LogP contribution in [0.4, 0.5) is 5.69 Å². The monoisotopic (exact) mass is 178 g/mol. The van der Waals surface area contributed by atoms with Gasteiger partial charge in [-0.25, -0.2) is 0 Å². The number of aliphatic hydroxyl groups excluding tert-OH is 1. The zero-order valence-corrected chi connectivity index (χ0v) is 7.56. The van der Waals surface area contributed by atoms with Crippen molar-refractivity contribution in [1.82, 2.24) is 4.98 Å². The van der Waals surface area contributed by atoms with Crippen molar-refractivity contribution in [1.29, 1.82) is 0 Å². The molecule has 0 amide bonds. The number of hydrogen-bond donors (Lipinski definition) is 1. The van der Waals surface area contributed by atoms with Crippen LogP contribution < -0.4 is 4.90 Å². The van der Waals surface area contributed by atoms with Gasteiger partial charge in [-0.2, -0.15) is 0 Å². The lowest BCUT2D eigenvalue weighted by Crippen LogP contribution is -2.38. The van der Waals surface area contributed by atoms with Crippen LogP contribution in [0.2, 0.25) is 0 Å². The number of anilines is 1. The minimum atomic E-state index is -0.172. The second-order valence-corrected chi connectivity index (χ2v) is 3.45. The summed E-state index contributed by atoms with van der Waals surface area (Å²) >= 11 is 0. The van der Waals surface area contributed by atoms with E-state index in [1.54, 1.807) is 6.20 Å². The highest BCUT2D eigenvalue weighted by Crippen LogP contribution is 2.18. The highest BCUT2D eigenvalue weighted by atomic mass is 16.3. The first-order valence-corrected chi connectivity index (χ1v) is 4.69. The summed E-state index contributed by atoms with van der Waals surface area (Å²) in [6.07, 6.45) is 5.43. The molecule has 1 aromatic rings. The third-order valence-electron chi connectivity index (χ3n) is 2.41. The number of hydrogen-bond acceptors (Lipinski definition) is 3. The Kier molecular flexibility index (Phi) is 2.45. The Morgan fingerprint density at radius 1 is 1.54 bits per heavy atom. The SMILES string of the molecule is O[C@@H]1CCCN(c2cccnc2)C1. The van der Waals surface area contributed by atoms with E-state index >= 15 is 0 Å². The van der Waals surface area contributed by atoms with Crippen molar-refractivity contribution in [3.05, 3.63) is 24.5 Å². The first kappa shape index (κ1) is 8.51. The van der Waals surface area contributed by atoms with Crippen LogP contribution in [-0.2, 0) is 0 Å². The molecular weight excluding hydrogens is 164 g/mol. The standard InChI is InChI=1S/C10H14N2O/c13-10-4-2-6-12(8-10)9-3-1-5-11-7-9/h1,3,5,7,10,13H,2,4,6,8H2/t10-/m1/s1. The molecule has 0 unspecified atom stereocenters. The van der Waals surface area contributed by atoms with Gasteiger partial charge in [-0.05, 0) is 25.0 Å². The van der Waals surface area contributed by atoms with Crippen LogP contribution in [0.25, 0.3) is 0 Å². The molecule has 0 aliphatic carbocycles. The fourth-order valence-corrected chi connectivity index (χ4v) is 1.73. The summed E-state index contributed by atoms with van der Waals surface area (Å²) in [5, 5.41) is 9.48. The van der Waals surface area contributed by atoms with Crippen LogP contribution in [0.15, 0.2) is 24.5 Å². The predicted molar refractivity (Wildman–Crippen MR) is 51.7 cm³/mol. The first-order chi connectivity index (χ1) is 6.36. The van der Waals surface area contributed by atoms with Gasteiger partial charge in [-0.1, -0.05) is 0 Å². The van der Waals surface area contributed by atoms with Gasteiger partial charge >= 0.3 is 0 Å². The molecule has 2 rings (SSSR count). The molecule has 1 fully saturated rings. The van der Waals surface area contributed by atoms with E-state index in [2.05, 4.69) is 9.88 Å². The number of aromatic nitrogens is 1. The van der Waals surface area contributed by atoms with Gasteiger partial charge in [0, 0.05) is 19.3 Å². The Labute approximate surface area is 78.0 Å². The quantitative estimate of drug-likeness (QED) is 0.698. The molecule has 70 valence electrons. The Bertz CT molecular complexity index is 263. The molecule has 3 nitrogen and oxygen atoms in total. The summed E-state index contributed by atoms with van der Waals surface area (Å²) in [6.45, 7) is 1.77. The summed E-state index contributed by atoms with van der Waals surface area (Å²) in [7, 11) is 0. The van der Waals surface area contributed by atoms with Crippen LogP contribution in [-0.4, -0.2) is 29.3 Å². The second-order valence-electron chi connectivity index (χ2n) is 3.45. The van der Waals surface area contributed by atoms with E-state index in [0.29, 0.717) is 0 Å². The van der Waals surface area contributed by atoms with E-state index in [9.17, 15) is 5.11 Å². The average Bonchev–Trinajstić information content (AvgIpc) is 2.19. The molecule has 13 heavy (non-hydrogen) atoms. The van der Waals surface area contributed by atoms with Gasteiger partial charge in [0.25, 0.3) is 0 Å². The molecule has 0 saturated carbocycles. The first-order valence-electron chi connectivity index (χ1n) is 4.69. The van der Waals surface area contributed by atoms with Gasteiger partial charge in [-0.3, -0.25) is 4.98 Å². The average molecular weight is 178 g/mol. The molecule has 0 bridgehead atoms. The molecule has 1 aromatic heterocycles. The molecule has 1 saturated heterocycles. The van der Waals surface area contributed by atoms with Crippen LogP contribution in [0.3, 0.4) is 0 Å². The third kappa shape index (κ3) is 1.98. The minimum Gasteiger partial charge on any atom is -0.391 e. The molecule has 0 aromatic carbocycles. The fraction of sp³-hybridized carbons (Fsp3) is 0.500. The largest absolute Gasteiger partial charge is 0.391 e. The van der Waals surface area contributed by atoms with E-state index in [-0.39, 0.29) is 6.10 Å². The fourth-order valence-electron chi connectivity index (χ4n) is 1.73. The van der Waals surface area contributed by atoms with Crippen molar-refractivity contribution in [2.24, 2.45) is 0 Å². The molecule has 0 spiro atoms. The molecule has 1 N–H and O–H groups in total. The lowest BCUT2D eigenvalue weighted by atomic mass is 10.1. The Morgan fingerprint density at radius 3 is 3.15 bits per heavy atom. The van der Waals surface area contributed by atoms with Crippen LogP contribution in [0, 0.1) is 0 Å². The van der Waals surface area contributed by atoms with Crippen molar-refractivity contribution in [3.8, 4) is 0 Å². The number of β-amino-alcohol motifs (C(OH)–C–C–N with tert-alkyl or cyclic N) is 1. The number of rotatable bonds is 1. The normalized spacial score (nSPS) is 23.2. The second kappa shape index (κ2) is 3.75. The maximum Gasteiger partial charge on any atom is 0.0715 e. The van der Waals surface area contributed by atoms with E-state index in [4.69, 9.17) is 0 Å². The van der Waals surface area contributed by atoms with E-state index in [1.807, 2.05) is 18.3 Å². The maximum absolute atomic E-state index is 9.48. The number of nitrogens with zero attached hydrogens (tertiary/aromatic N) is 2. The summed E-state index contributed by atoms with van der Waals surface area (Å²) in [5.41, 5.74) is 1.11. The molecular formula is C10H14N2O. The number of pyridine rings is 1. The summed E-state index contributed by atoms with van der Waals surface area (Å²) in [5.74, 6) is 0. The van der Waals surface area contributed by atoms with Crippen LogP contribution in [0.1, 0.15) is 12.8 Å². The maximum atomic E-state index is 9.48. The van der Waals surface area contributed by atoms with Crippen molar-refractivity contribution >= 4 is 5.69 Å². The van der Waals surface area contributed by atoms with Gasteiger partial charge < -0.3 is 10.0 Å². The summed E-state index contributed by atoms with van der Waals surface area (Å²) < 4.78 is 0. The lowest BCUT2D eigenvalue weighted by Gasteiger charge is -2.31. The Morgan fingerprint density at radius 2 is 2.46 bits per heavy atom. The van der Waals surface area contributed by atoms with Crippen LogP contribution in [0.5, 0.6) is 0 Å². The molecule has 1 atom stereocenters. The van der Waals surface area contributed by atoms with Crippen molar-refractivity contribution in [2.75, 3.05) is 18.0 Å². The lowest BCUT2D eigenvalue weighted by molar-refractivity contribution is 0.154. The Hall–Kier alpha value is -1.09. The summed E-state index contributed by atoms with van der Waals surface area (Å²) in [6, 6.07) is 3.96. The third-order valence-corrected chi connectivity index (χ3v) is 2.41. The van der Waals surface area contributed by atoms with Gasteiger partial charge in [0.1, 0.15) is 0 Å². The molecule has 0 radical (unpaired) electrons. The molecule has 2 heterocycles. The van der Waals surface area contributed by atoms with Gasteiger partial charge in [0.15, 0.2) is 0 Å². The van der Waals surface area contributed by atoms with Gasteiger partial charge in [0.2, 0.25) is 0 Å². The highest BCUT2D eigenvalue weighted by Gasteiger charge is 2.17. The topological polar surface area (TPSA) is 36.4 Å². The van der Waals surface area contributed by atoms with E-state index in [1.165, 1.54) is 0 Å². The smallest absolute Gasteiger partial charge is 0.0715 e. The molecule has 1 aliphatic heterocycles. The van der Waals surface area contributed by atoms with E-state index < -0.39 is 0 Å².